The lowest BCUT2D eigenvalue weighted by atomic mass is 10.0. The van der Waals surface area contributed by atoms with Crippen molar-refractivity contribution in [2.75, 3.05) is 6.54 Å². The summed E-state index contributed by atoms with van der Waals surface area (Å²) in [5, 5.41) is 12.8. The topological polar surface area (TPSA) is 52.6 Å². The van der Waals surface area contributed by atoms with Gasteiger partial charge >= 0.3 is 0 Å². The zero-order chi connectivity index (χ0) is 15.3. The molecule has 1 rings (SSSR count). The van der Waals surface area contributed by atoms with Crippen LogP contribution in [0.25, 0.3) is 0 Å². The Balaban J connectivity index is 2.73. The number of hydrogen-bond acceptors (Lipinski definition) is 3. The number of nitrogens with zero attached hydrogens (tertiary/aromatic N) is 1. The molecule has 0 radical (unpaired) electrons. The highest BCUT2D eigenvalue weighted by Crippen LogP contribution is 2.23. The van der Waals surface area contributed by atoms with Crippen molar-refractivity contribution in [2.24, 2.45) is 0 Å². The molecule has 1 fully saturated rings. The summed E-state index contributed by atoms with van der Waals surface area (Å²) in [6.07, 6.45) is 5.09. The molecule has 0 aromatic heterocycles. The molecule has 1 saturated heterocycles. The molecule has 0 spiro atoms. The summed E-state index contributed by atoms with van der Waals surface area (Å²) in [5.74, 6) is 0.0926. The molecule has 118 valence electrons. The van der Waals surface area contributed by atoms with Crippen LogP contribution in [0.5, 0.6) is 0 Å². The third-order valence-electron chi connectivity index (χ3n) is 3.91. The van der Waals surface area contributed by atoms with Crippen molar-refractivity contribution in [1.29, 1.82) is 0 Å². The predicted octanol–water partition coefficient (Wildman–Crippen LogP) is 2.31. The molecular formula is C16H32N2O2. The maximum Gasteiger partial charge on any atom is 0.237 e. The Labute approximate surface area is 123 Å². The number of rotatable bonds is 4. The highest BCUT2D eigenvalue weighted by molar-refractivity contribution is 5.82. The third kappa shape index (κ3) is 5.80. The summed E-state index contributed by atoms with van der Waals surface area (Å²) in [5.41, 5.74) is -0.197. The Bertz CT molecular complexity index is 310. The number of aliphatic hydroxyl groups is 1. The molecule has 3 atom stereocenters. The Kier molecular flexibility index (Phi) is 6.46. The number of aliphatic hydroxyl groups excluding tert-OH is 1. The van der Waals surface area contributed by atoms with Gasteiger partial charge in [0.1, 0.15) is 0 Å². The van der Waals surface area contributed by atoms with E-state index in [1.807, 2.05) is 34.6 Å². The van der Waals surface area contributed by atoms with E-state index in [9.17, 15) is 9.90 Å². The van der Waals surface area contributed by atoms with Crippen molar-refractivity contribution in [3.8, 4) is 0 Å². The number of amides is 1. The fourth-order valence-electron chi connectivity index (χ4n) is 2.98. The molecule has 1 heterocycles. The lowest BCUT2D eigenvalue weighted by molar-refractivity contribution is -0.128. The van der Waals surface area contributed by atoms with Crippen LogP contribution in [-0.2, 0) is 4.79 Å². The van der Waals surface area contributed by atoms with E-state index in [1.165, 1.54) is 12.8 Å². The molecule has 2 N–H and O–H groups in total. The molecule has 0 saturated carbocycles. The van der Waals surface area contributed by atoms with Crippen molar-refractivity contribution in [3.05, 3.63) is 0 Å². The van der Waals surface area contributed by atoms with Crippen LogP contribution >= 0.6 is 0 Å². The van der Waals surface area contributed by atoms with E-state index in [2.05, 4.69) is 10.2 Å². The Morgan fingerprint density at radius 1 is 1.30 bits per heavy atom. The van der Waals surface area contributed by atoms with Crippen LogP contribution in [-0.4, -0.2) is 46.2 Å². The minimum absolute atomic E-state index is 0.0926. The number of carbonyl (C=O) groups is 1. The van der Waals surface area contributed by atoms with Crippen LogP contribution in [0.1, 0.15) is 66.7 Å². The average Bonchev–Trinajstić information content (AvgIpc) is 2.50. The van der Waals surface area contributed by atoms with Crippen molar-refractivity contribution < 1.29 is 9.90 Å². The fourth-order valence-corrected chi connectivity index (χ4v) is 2.98. The van der Waals surface area contributed by atoms with Gasteiger partial charge in [0.2, 0.25) is 5.91 Å². The quantitative estimate of drug-likeness (QED) is 0.833. The fraction of sp³-hybridized carbons (Fsp3) is 0.938. The molecule has 1 amide bonds. The second kappa shape index (κ2) is 7.41. The molecule has 4 heteroatoms. The van der Waals surface area contributed by atoms with E-state index in [4.69, 9.17) is 0 Å². The van der Waals surface area contributed by atoms with Crippen molar-refractivity contribution in [3.63, 3.8) is 0 Å². The minimum Gasteiger partial charge on any atom is -0.393 e. The molecule has 1 aliphatic heterocycles. The van der Waals surface area contributed by atoms with E-state index in [-0.39, 0.29) is 23.6 Å². The van der Waals surface area contributed by atoms with E-state index >= 15 is 0 Å². The van der Waals surface area contributed by atoms with Gasteiger partial charge in [0, 0.05) is 11.6 Å². The van der Waals surface area contributed by atoms with Crippen LogP contribution in [0.2, 0.25) is 0 Å². The molecule has 3 unspecified atom stereocenters. The third-order valence-corrected chi connectivity index (χ3v) is 3.91. The van der Waals surface area contributed by atoms with Gasteiger partial charge in [0.25, 0.3) is 0 Å². The van der Waals surface area contributed by atoms with E-state index < -0.39 is 0 Å². The molecule has 4 nitrogen and oxygen atoms in total. The molecule has 0 aliphatic carbocycles. The Morgan fingerprint density at radius 3 is 2.50 bits per heavy atom. The molecular weight excluding hydrogens is 252 g/mol. The van der Waals surface area contributed by atoms with Gasteiger partial charge in [-0.05, 0) is 60.4 Å². The molecule has 0 aromatic carbocycles. The normalized spacial score (nSPS) is 24.8. The Hall–Kier alpha value is -0.610. The van der Waals surface area contributed by atoms with E-state index in [0.717, 1.165) is 25.8 Å². The first kappa shape index (κ1) is 17.4. The van der Waals surface area contributed by atoms with Crippen molar-refractivity contribution in [2.45, 2.75) is 90.4 Å². The van der Waals surface area contributed by atoms with Crippen molar-refractivity contribution >= 4 is 5.91 Å². The SMILES string of the molecule is CC(O)CC1CCCCCN1C(C)C(=O)NC(C)(C)C. The highest BCUT2D eigenvalue weighted by atomic mass is 16.3. The molecule has 1 aliphatic rings. The first-order valence-electron chi connectivity index (χ1n) is 7.96. The lowest BCUT2D eigenvalue weighted by Gasteiger charge is -2.36. The summed E-state index contributed by atoms with van der Waals surface area (Å²) >= 11 is 0. The first-order valence-corrected chi connectivity index (χ1v) is 7.96. The maximum atomic E-state index is 12.4. The van der Waals surface area contributed by atoms with Crippen LogP contribution in [0.4, 0.5) is 0 Å². The van der Waals surface area contributed by atoms with Gasteiger partial charge < -0.3 is 10.4 Å². The highest BCUT2D eigenvalue weighted by Gasteiger charge is 2.31. The molecule has 0 aromatic rings. The van der Waals surface area contributed by atoms with Crippen LogP contribution in [0, 0.1) is 0 Å². The van der Waals surface area contributed by atoms with Gasteiger partial charge in [-0.3, -0.25) is 9.69 Å². The number of carbonyl (C=O) groups excluding carboxylic acids is 1. The average molecular weight is 284 g/mol. The molecule has 20 heavy (non-hydrogen) atoms. The zero-order valence-corrected chi connectivity index (χ0v) is 13.8. The summed E-state index contributed by atoms with van der Waals surface area (Å²) in [4.78, 5) is 14.7. The van der Waals surface area contributed by atoms with Gasteiger partial charge in [0.15, 0.2) is 0 Å². The Morgan fingerprint density at radius 2 is 1.95 bits per heavy atom. The minimum atomic E-state index is -0.307. The smallest absolute Gasteiger partial charge is 0.237 e. The first-order chi connectivity index (χ1) is 9.20. The van der Waals surface area contributed by atoms with E-state index in [0.29, 0.717) is 6.04 Å². The lowest BCUT2D eigenvalue weighted by Crippen LogP contribution is -2.54. The number of nitrogens with one attached hydrogen (secondary N) is 1. The summed E-state index contributed by atoms with van der Waals surface area (Å²) in [6.45, 7) is 10.8. The maximum absolute atomic E-state index is 12.4. The van der Waals surface area contributed by atoms with Crippen LogP contribution in [0.15, 0.2) is 0 Å². The van der Waals surface area contributed by atoms with Crippen LogP contribution < -0.4 is 5.32 Å². The van der Waals surface area contributed by atoms with Gasteiger partial charge in [-0.25, -0.2) is 0 Å². The number of hydrogen-bond donors (Lipinski definition) is 2. The van der Waals surface area contributed by atoms with Crippen LogP contribution in [0.3, 0.4) is 0 Å². The van der Waals surface area contributed by atoms with Gasteiger partial charge in [-0.1, -0.05) is 12.8 Å². The number of likely N-dealkylation sites (tertiary alicyclic amines) is 1. The second-order valence-corrected chi connectivity index (χ2v) is 7.24. The predicted molar refractivity (Wildman–Crippen MR) is 82.6 cm³/mol. The standard InChI is InChI=1S/C16H32N2O2/c1-12(19)11-14-9-7-6-8-10-18(14)13(2)15(20)17-16(3,4)5/h12-14,19H,6-11H2,1-5H3,(H,17,20). The van der Waals surface area contributed by atoms with E-state index in [1.54, 1.807) is 0 Å². The molecule has 0 bridgehead atoms. The van der Waals surface area contributed by atoms with Gasteiger partial charge in [-0.15, -0.1) is 0 Å². The van der Waals surface area contributed by atoms with Crippen molar-refractivity contribution in [1.82, 2.24) is 10.2 Å². The zero-order valence-electron chi connectivity index (χ0n) is 13.8. The largest absolute Gasteiger partial charge is 0.393 e. The summed E-state index contributed by atoms with van der Waals surface area (Å²) in [7, 11) is 0. The van der Waals surface area contributed by atoms with Gasteiger partial charge in [0.05, 0.1) is 12.1 Å². The monoisotopic (exact) mass is 284 g/mol. The van der Waals surface area contributed by atoms with Gasteiger partial charge in [-0.2, -0.15) is 0 Å². The second-order valence-electron chi connectivity index (χ2n) is 7.24. The summed E-state index contributed by atoms with van der Waals surface area (Å²) < 4.78 is 0. The summed E-state index contributed by atoms with van der Waals surface area (Å²) in [6, 6.07) is 0.189.